The van der Waals surface area contributed by atoms with Crippen molar-refractivity contribution in [2.24, 2.45) is 11.7 Å². The van der Waals surface area contributed by atoms with Crippen LogP contribution in [0.15, 0.2) is 0 Å². The first kappa shape index (κ1) is 13.4. The molecule has 0 aliphatic heterocycles. The molecule has 0 aromatic heterocycles. The summed E-state index contributed by atoms with van der Waals surface area (Å²) in [5, 5.41) is 2.21. The van der Waals surface area contributed by atoms with Crippen LogP contribution >= 0.6 is 0 Å². The second-order valence-corrected chi connectivity index (χ2v) is 3.54. The summed E-state index contributed by atoms with van der Waals surface area (Å²) in [7, 11) is 1.21. The molecule has 2 amide bonds. The molecule has 15 heavy (non-hydrogen) atoms. The molecule has 0 heterocycles. The van der Waals surface area contributed by atoms with Gasteiger partial charge < -0.3 is 15.8 Å². The van der Waals surface area contributed by atoms with E-state index in [4.69, 9.17) is 5.73 Å². The SMILES string of the molecule is COC(=O)C(CC(C)C)NC(=O)C(N)=O. The number of nitrogens with one attached hydrogen (secondary N) is 1. The zero-order chi connectivity index (χ0) is 12.0. The van der Waals surface area contributed by atoms with E-state index in [0.717, 1.165) is 0 Å². The van der Waals surface area contributed by atoms with Crippen LogP contribution in [0.25, 0.3) is 0 Å². The van der Waals surface area contributed by atoms with Gasteiger partial charge in [-0.25, -0.2) is 4.79 Å². The van der Waals surface area contributed by atoms with Gasteiger partial charge in [-0.2, -0.15) is 0 Å². The van der Waals surface area contributed by atoms with Crippen molar-refractivity contribution in [3.05, 3.63) is 0 Å². The number of hydrogen-bond acceptors (Lipinski definition) is 4. The zero-order valence-corrected chi connectivity index (χ0v) is 9.07. The van der Waals surface area contributed by atoms with Gasteiger partial charge in [0.2, 0.25) is 0 Å². The number of carbonyl (C=O) groups excluding carboxylic acids is 3. The maximum Gasteiger partial charge on any atom is 0.328 e. The van der Waals surface area contributed by atoms with Crippen molar-refractivity contribution < 1.29 is 19.1 Å². The number of methoxy groups -OCH3 is 1. The molecule has 0 fully saturated rings. The van der Waals surface area contributed by atoms with E-state index < -0.39 is 23.8 Å². The molecule has 0 bridgehead atoms. The lowest BCUT2D eigenvalue weighted by molar-refractivity contribution is -0.146. The van der Waals surface area contributed by atoms with Gasteiger partial charge in [0.1, 0.15) is 6.04 Å². The highest BCUT2D eigenvalue weighted by Gasteiger charge is 2.24. The number of amides is 2. The first-order valence-electron chi connectivity index (χ1n) is 4.56. The third kappa shape index (κ3) is 4.99. The van der Waals surface area contributed by atoms with Crippen molar-refractivity contribution in [3.8, 4) is 0 Å². The Morgan fingerprint density at radius 2 is 1.87 bits per heavy atom. The molecule has 0 saturated carbocycles. The quantitative estimate of drug-likeness (QED) is 0.473. The molecule has 0 saturated heterocycles. The van der Waals surface area contributed by atoms with E-state index in [1.165, 1.54) is 7.11 Å². The van der Waals surface area contributed by atoms with Crippen molar-refractivity contribution in [2.45, 2.75) is 26.3 Å². The van der Waals surface area contributed by atoms with E-state index in [9.17, 15) is 14.4 Å². The summed E-state index contributed by atoms with van der Waals surface area (Å²) >= 11 is 0. The van der Waals surface area contributed by atoms with Gasteiger partial charge in [0.25, 0.3) is 0 Å². The molecule has 86 valence electrons. The molecule has 0 aliphatic carbocycles. The zero-order valence-electron chi connectivity index (χ0n) is 9.07. The van der Waals surface area contributed by atoms with E-state index >= 15 is 0 Å². The maximum atomic E-state index is 11.2. The van der Waals surface area contributed by atoms with Gasteiger partial charge in [0.05, 0.1) is 7.11 Å². The summed E-state index contributed by atoms with van der Waals surface area (Å²) in [6.45, 7) is 3.76. The number of primary amides is 1. The predicted octanol–water partition coefficient (Wildman–Crippen LogP) is -0.824. The molecular formula is C9H16N2O4. The number of rotatable bonds is 4. The van der Waals surface area contributed by atoms with Gasteiger partial charge in [-0.3, -0.25) is 9.59 Å². The van der Waals surface area contributed by atoms with Gasteiger partial charge in [-0.1, -0.05) is 13.8 Å². The number of esters is 1. The summed E-state index contributed by atoms with van der Waals surface area (Å²) < 4.78 is 4.49. The third-order valence-corrected chi connectivity index (χ3v) is 1.72. The van der Waals surface area contributed by atoms with Crippen molar-refractivity contribution in [2.75, 3.05) is 7.11 Å². The van der Waals surface area contributed by atoms with Crippen LogP contribution in [-0.2, 0) is 19.1 Å². The van der Waals surface area contributed by atoms with Gasteiger partial charge in [-0.15, -0.1) is 0 Å². The lowest BCUT2D eigenvalue weighted by Gasteiger charge is -2.17. The van der Waals surface area contributed by atoms with E-state index in [-0.39, 0.29) is 5.92 Å². The number of nitrogens with two attached hydrogens (primary N) is 1. The first-order valence-corrected chi connectivity index (χ1v) is 4.56. The van der Waals surface area contributed by atoms with E-state index in [1.807, 2.05) is 13.8 Å². The predicted molar refractivity (Wildman–Crippen MR) is 52.6 cm³/mol. The third-order valence-electron chi connectivity index (χ3n) is 1.72. The Morgan fingerprint density at radius 3 is 2.20 bits per heavy atom. The monoisotopic (exact) mass is 216 g/mol. The Hall–Kier alpha value is -1.59. The fraction of sp³-hybridized carbons (Fsp3) is 0.667. The van der Waals surface area contributed by atoms with Crippen LogP contribution in [0.4, 0.5) is 0 Å². The lowest BCUT2D eigenvalue weighted by atomic mass is 10.0. The Morgan fingerprint density at radius 1 is 1.33 bits per heavy atom. The summed E-state index contributed by atoms with van der Waals surface area (Å²) in [6, 6.07) is -0.824. The Balaban J connectivity index is 4.44. The summed E-state index contributed by atoms with van der Waals surface area (Å²) in [5.41, 5.74) is 4.75. The van der Waals surface area contributed by atoms with Crippen molar-refractivity contribution in [3.63, 3.8) is 0 Å². The average Bonchev–Trinajstić information content (AvgIpc) is 2.14. The molecular weight excluding hydrogens is 200 g/mol. The van der Waals surface area contributed by atoms with Crippen molar-refractivity contribution in [1.82, 2.24) is 5.32 Å². The maximum absolute atomic E-state index is 11.2. The Labute approximate surface area is 88.1 Å². The molecule has 0 aromatic rings. The molecule has 0 aromatic carbocycles. The van der Waals surface area contributed by atoms with Crippen LogP contribution < -0.4 is 11.1 Å². The fourth-order valence-corrected chi connectivity index (χ4v) is 1.06. The topological polar surface area (TPSA) is 98.5 Å². The van der Waals surface area contributed by atoms with E-state index in [2.05, 4.69) is 10.1 Å². The first-order chi connectivity index (χ1) is 6.88. The van der Waals surface area contributed by atoms with Crippen LogP contribution in [0, 0.1) is 5.92 Å². The normalized spacial score (nSPS) is 12.0. The highest BCUT2D eigenvalue weighted by atomic mass is 16.5. The van der Waals surface area contributed by atoms with Gasteiger partial charge in [-0.05, 0) is 12.3 Å². The van der Waals surface area contributed by atoms with Gasteiger partial charge in [0.15, 0.2) is 0 Å². The smallest absolute Gasteiger partial charge is 0.328 e. The van der Waals surface area contributed by atoms with Crippen LogP contribution in [-0.4, -0.2) is 30.9 Å². The number of carbonyl (C=O) groups is 3. The molecule has 0 aliphatic rings. The van der Waals surface area contributed by atoms with E-state index in [0.29, 0.717) is 6.42 Å². The summed E-state index contributed by atoms with van der Waals surface area (Å²) in [4.78, 5) is 32.7. The highest BCUT2D eigenvalue weighted by molar-refractivity contribution is 6.34. The average molecular weight is 216 g/mol. The molecule has 0 spiro atoms. The Bertz CT molecular complexity index is 263. The molecule has 0 rings (SSSR count). The molecule has 3 N–H and O–H groups in total. The molecule has 6 nitrogen and oxygen atoms in total. The lowest BCUT2D eigenvalue weighted by Crippen LogP contribution is -2.47. The Kier molecular flexibility index (Phi) is 5.36. The van der Waals surface area contributed by atoms with Crippen LogP contribution in [0.3, 0.4) is 0 Å². The van der Waals surface area contributed by atoms with E-state index in [1.54, 1.807) is 0 Å². The molecule has 1 atom stereocenters. The number of hydrogen-bond donors (Lipinski definition) is 2. The van der Waals surface area contributed by atoms with Crippen molar-refractivity contribution in [1.29, 1.82) is 0 Å². The fourth-order valence-electron chi connectivity index (χ4n) is 1.06. The summed E-state index contributed by atoms with van der Waals surface area (Å²) in [5.74, 6) is -2.50. The highest BCUT2D eigenvalue weighted by Crippen LogP contribution is 2.05. The largest absolute Gasteiger partial charge is 0.467 e. The molecule has 6 heteroatoms. The van der Waals surface area contributed by atoms with Crippen LogP contribution in [0.1, 0.15) is 20.3 Å². The minimum Gasteiger partial charge on any atom is -0.467 e. The van der Waals surface area contributed by atoms with Crippen molar-refractivity contribution >= 4 is 17.8 Å². The van der Waals surface area contributed by atoms with Gasteiger partial charge >= 0.3 is 17.8 Å². The minimum atomic E-state index is -1.12. The molecule has 0 radical (unpaired) electrons. The second-order valence-electron chi connectivity index (χ2n) is 3.54. The van der Waals surface area contributed by atoms with Crippen LogP contribution in [0.5, 0.6) is 0 Å². The minimum absolute atomic E-state index is 0.183. The number of ether oxygens (including phenoxy) is 1. The van der Waals surface area contributed by atoms with Crippen LogP contribution in [0.2, 0.25) is 0 Å². The second kappa shape index (κ2) is 6.00. The molecule has 1 unspecified atom stereocenters. The standard InChI is InChI=1S/C9H16N2O4/c1-5(2)4-6(9(14)15-3)11-8(13)7(10)12/h5-6H,4H2,1-3H3,(H2,10,12)(H,11,13). The van der Waals surface area contributed by atoms with Gasteiger partial charge in [0, 0.05) is 0 Å². The summed E-state index contributed by atoms with van der Waals surface area (Å²) in [6.07, 6.45) is 0.395.